The van der Waals surface area contributed by atoms with Gasteiger partial charge in [-0.3, -0.25) is 10.1 Å². The number of aryl methyl sites for hydroxylation is 1. The van der Waals surface area contributed by atoms with E-state index in [9.17, 15) is 14.3 Å². The van der Waals surface area contributed by atoms with E-state index < -0.39 is 11.4 Å². The Morgan fingerprint density at radius 1 is 1.16 bits per heavy atom. The Morgan fingerprint density at radius 2 is 1.81 bits per heavy atom. The third-order valence-corrected chi connectivity index (χ3v) is 6.58. The summed E-state index contributed by atoms with van der Waals surface area (Å²) in [5, 5.41) is 13.4. The second-order valence-corrected chi connectivity index (χ2v) is 10.2. The van der Waals surface area contributed by atoms with Crippen molar-refractivity contribution >= 4 is 22.9 Å². The van der Waals surface area contributed by atoms with Gasteiger partial charge in [-0.25, -0.2) is 9.37 Å². The van der Waals surface area contributed by atoms with Crippen molar-refractivity contribution in [2.24, 2.45) is 0 Å². The van der Waals surface area contributed by atoms with Crippen molar-refractivity contribution in [3.8, 4) is 0 Å². The Labute approximate surface area is 188 Å². The van der Waals surface area contributed by atoms with E-state index in [1.807, 2.05) is 37.5 Å². The minimum absolute atomic E-state index is 0.158. The number of hydrogen-bond acceptors (Lipinski definition) is 3. The van der Waals surface area contributed by atoms with Gasteiger partial charge in [0.25, 0.3) is 0 Å². The predicted octanol–water partition coefficient (Wildman–Crippen LogP) is 5.74. The van der Waals surface area contributed by atoms with Crippen LogP contribution in [0.15, 0.2) is 36.4 Å². The molecule has 5 nitrogen and oxygen atoms in total. The lowest BCUT2D eigenvalue weighted by atomic mass is 9.81. The minimum atomic E-state index is -1.18. The molecule has 1 heterocycles. The number of carbonyl (C=O) groups excluding carboxylic acids is 1. The number of hydrogen-bond donors (Lipinski definition) is 2. The Bertz CT molecular complexity index is 1150. The summed E-state index contributed by atoms with van der Waals surface area (Å²) in [6.07, 6.45) is 3.28. The van der Waals surface area contributed by atoms with E-state index in [1.165, 1.54) is 11.6 Å². The van der Waals surface area contributed by atoms with Crippen LogP contribution in [0.1, 0.15) is 76.1 Å². The van der Waals surface area contributed by atoms with E-state index in [4.69, 9.17) is 0 Å². The number of carbonyl (C=O) groups is 1. The van der Waals surface area contributed by atoms with Crippen LogP contribution in [0.5, 0.6) is 0 Å². The highest BCUT2D eigenvalue weighted by atomic mass is 19.1. The van der Waals surface area contributed by atoms with Gasteiger partial charge in [0, 0.05) is 12.5 Å². The fourth-order valence-electron chi connectivity index (χ4n) is 4.29. The smallest absolute Gasteiger partial charge is 0.227 e. The second kappa shape index (κ2) is 8.00. The third kappa shape index (κ3) is 4.29. The van der Waals surface area contributed by atoms with Gasteiger partial charge < -0.3 is 9.67 Å². The summed E-state index contributed by atoms with van der Waals surface area (Å²) in [6, 6.07) is 11.5. The number of aromatic nitrogens is 2. The number of benzene rings is 2. The van der Waals surface area contributed by atoms with E-state index in [1.54, 1.807) is 19.9 Å². The molecule has 4 rings (SSSR count). The Morgan fingerprint density at radius 3 is 2.38 bits per heavy atom. The predicted molar refractivity (Wildman–Crippen MR) is 125 cm³/mol. The van der Waals surface area contributed by atoms with Gasteiger partial charge in [-0.15, -0.1) is 0 Å². The molecule has 2 N–H and O–H groups in total. The quantitative estimate of drug-likeness (QED) is 0.517. The van der Waals surface area contributed by atoms with Crippen LogP contribution in [-0.2, 0) is 15.8 Å². The van der Waals surface area contributed by atoms with Crippen LogP contribution < -0.4 is 5.32 Å². The van der Waals surface area contributed by atoms with Gasteiger partial charge in [0.15, 0.2) is 5.82 Å². The Balaban J connectivity index is 1.67. The van der Waals surface area contributed by atoms with Crippen LogP contribution >= 0.6 is 0 Å². The molecule has 0 bridgehead atoms. The lowest BCUT2D eigenvalue weighted by Gasteiger charge is -2.30. The minimum Gasteiger partial charge on any atom is -0.386 e. The van der Waals surface area contributed by atoms with Gasteiger partial charge in [0.05, 0.1) is 11.1 Å². The molecule has 1 fully saturated rings. The van der Waals surface area contributed by atoms with Crippen molar-refractivity contribution in [3.63, 3.8) is 0 Å². The topological polar surface area (TPSA) is 67.2 Å². The van der Waals surface area contributed by atoms with E-state index in [0.29, 0.717) is 17.0 Å². The maximum absolute atomic E-state index is 14.9. The highest BCUT2D eigenvalue weighted by Gasteiger charge is 2.30. The summed E-state index contributed by atoms with van der Waals surface area (Å²) < 4.78 is 16.9. The number of imidazole rings is 1. The van der Waals surface area contributed by atoms with Gasteiger partial charge in [-0.1, -0.05) is 43.7 Å². The van der Waals surface area contributed by atoms with Crippen LogP contribution in [0.2, 0.25) is 0 Å². The normalized spacial score (nSPS) is 15.1. The standard InChI is InChI=1S/C26H32FN3O2/c1-16-9-11-17(12-10-16)25(2,3)15-22(31)28-24-29-23-20(27)13-18(26(4,5)32)14-21(23)30(24)19-7-6-8-19/h9-14,19,32H,6-8,15H2,1-5H3,(H,28,29,31). The number of rotatable bonds is 6. The zero-order valence-electron chi connectivity index (χ0n) is 19.5. The molecule has 1 saturated carbocycles. The number of aliphatic hydroxyl groups is 1. The van der Waals surface area contributed by atoms with Gasteiger partial charge >= 0.3 is 0 Å². The maximum atomic E-state index is 14.9. The van der Waals surface area contributed by atoms with Crippen molar-refractivity contribution < 1.29 is 14.3 Å². The fraction of sp³-hybridized carbons (Fsp3) is 0.462. The van der Waals surface area contributed by atoms with E-state index in [2.05, 4.69) is 22.4 Å². The summed E-state index contributed by atoms with van der Waals surface area (Å²) in [7, 11) is 0. The summed E-state index contributed by atoms with van der Waals surface area (Å²) in [5.74, 6) is -0.274. The van der Waals surface area contributed by atoms with Gasteiger partial charge in [0.1, 0.15) is 5.52 Å². The van der Waals surface area contributed by atoms with Crippen molar-refractivity contribution in [1.29, 1.82) is 0 Å². The van der Waals surface area contributed by atoms with E-state index in [0.717, 1.165) is 24.8 Å². The first-order valence-electron chi connectivity index (χ1n) is 11.3. The fourth-order valence-corrected chi connectivity index (χ4v) is 4.29. The Hall–Kier alpha value is -2.73. The molecule has 1 aliphatic rings. The molecule has 3 aromatic rings. The average Bonchev–Trinajstić information content (AvgIpc) is 2.98. The molecule has 1 amide bonds. The maximum Gasteiger partial charge on any atom is 0.227 e. The largest absolute Gasteiger partial charge is 0.386 e. The Kier molecular flexibility index (Phi) is 5.61. The molecular weight excluding hydrogens is 405 g/mol. The molecule has 2 aromatic carbocycles. The second-order valence-electron chi connectivity index (χ2n) is 10.2. The summed E-state index contributed by atoms with van der Waals surface area (Å²) in [5.41, 5.74) is 2.05. The molecule has 32 heavy (non-hydrogen) atoms. The van der Waals surface area contributed by atoms with Gasteiger partial charge in [0.2, 0.25) is 11.9 Å². The lowest BCUT2D eigenvalue weighted by molar-refractivity contribution is -0.117. The first-order valence-corrected chi connectivity index (χ1v) is 11.3. The summed E-state index contributed by atoms with van der Waals surface area (Å²) in [4.78, 5) is 17.5. The average molecular weight is 438 g/mol. The van der Waals surface area contributed by atoms with Gasteiger partial charge in [-0.2, -0.15) is 0 Å². The molecule has 0 aliphatic heterocycles. The molecule has 0 unspecified atom stereocenters. The van der Waals surface area contributed by atoms with Crippen LogP contribution in [-0.4, -0.2) is 20.6 Å². The summed E-state index contributed by atoms with van der Waals surface area (Å²) >= 11 is 0. The first kappa shape index (κ1) is 22.5. The van der Waals surface area contributed by atoms with Crippen molar-refractivity contribution in [2.75, 3.05) is 5.32 Å². The highest BCUT2D eigenvalue weighted by Crippen LogP contribution is 2.39. The molecule has 0 radical (unpaired) electrons. The first-order chi connectivity index (χ1) is 15.0. The van der Waals surface area contributed by atoms with Crippen molar-refractivity contribution in [2.45, 2.75) is 77.4 Å². The van der Waals surface area contributed by atoms with Crippen molar-refractivity contribution in [3.05, 3.63) is 58.9 Å². The van der Waals surface area contributed by atoms with Crippen LogP contribution in [0, 0.1) is 12.7 Å². The molecule has 0 saturated heterocycles. The molecule has 0 spiro atoms. The lowest BCUT2D eigenvalue weighted by Crippen LogP contribution is -2.28. The van der Waals surface area contributed by atoms with Crippen molar-refractivity contribution in [1.82, 2.24) is 9.55 Å². The zero-order chi connectivity index (χ0) is 23.3. The molecule has 6 heteroatoms. The zero-order valence-corrected chi connectivity index (χ0v) is 19.5. The number of nitrogens with zero attached hydrogens (tertiary/aromatic N) is 2. The molecule has 170 valence electrons. The van der Waals surface area contributed by atoms with E-state index in [-0.39, 0.29) is 29.3 Å². The number of fused-ring (bicyclic) bond motifs is 1. The number of nitrogens with one attached hydrogen (secondary N) is 1. The van der Waals surface area contributed by atoms with Crippen LogP contribution in [0.3, 0.4) is 0 Å². The number of anilines is 1. The molecule has 1 aliphatic carbocycles. The van der Waals surface area contributed by atoms with Crippen LogP contribution in [0.4, 0.5) is 10.3 Å². The number of halogens is 1. The molecule has 1 aromatic heterocycles. The van der Waals surface area contributed by atoms with E-state index >= 15 is 0 Å². The van der Waals surface area contributed by atoms with Gasteiger partial charge in [-0.05, 0) is 68.7 Å². The highest BCUT2D eigenvalue weighted by molar-refractivity contribution is 5.92. The molecular formula is C26H32FN3O2. The SMILES string of the molecule is Cc1ccc(C(C)(C)CC(=O)Nc2nc3c(F)cc(C(C)(C)O)cc3n2C2CCC2)cc1. The van der Waals surface area contributed by atoms with Crippen LogP contribution in [0.25, 0.3) is 11.0 Å². The summed E-state index contributed by atoms with van der Waals surface area (Å²) in [6.45, 7) is 9.39. The number of amides is 1. The third-order valence-electron chi connectivity index (χ3n) is 6.58. The monoisotopic (exact) mass is 437 g/mol. The molecule has 0 atom stereocenters.